The molecule has 2 aromatic carbocycles. The zero-order chi connectivity index (χ0) is 24.2. The van der Waals surface area contributed by atoms with Gasteiger partial charge >= 0.3 is 6.03 Å². The largest absolute Gasteiger partial charge is 0.493 e. The maximum atomic E-state index is 13.5. The van der Waals surface area contributed by atoms with Gasteiger partial charge in [-0.1, -0.05) is 19.1 Å². The maximum Gasteiger partial charge on any atom is 0.315 e. The molecule has 0 spiro atoms. The summed E-state index contributed by atoms with van der Waals surface area (Å²) in [5.41, 5.74) is 2.99. The van der Waals surface area contributed by atoms with Gasteiger partial charge in [0.25, 0.3) is 0 Å². The lowest BCUT2D eigenvalue weighted by atomic mass is 9.86. The summed E-state index contributed by atoms with van der Waals surface area (Å²) >= 11 is 0. The highest BCUT2D eigenvalue weighted by Crippen LogP contribution is 2.40. The molecule has 6 nitrogen and oxygen atoms in total. The van der Waals surface area contributed by atoms with Crippen molar-refractivity contribution in [1.82, 2.24) is 15.5 Å². The van der Waals surface area contributed by atoms with Gasteiger partial charge in [0.05, 0.1) is 26.3 Å². The molecule has 2 N–H and O–H groups in total. The molecule has 33 heavy (non-hydrogen) atoms. The van der Waals surface area contributed by atoms with Crippen LogP contribution in [0.3, 0.4) is 0 Å². The van der Waals surface area contributed by atoms with Crippen LogP contribution in [0.1, 0.15) is 56.8 Å². The molecular formula is C26H36FN3O3. The fraction of sp³-hybridized carbons (Fsp3) is 0.500. The van der Waals surface area contributed by atoms with Gasteiger partial charge in [0.15, 0.2) is 11.5 Å². The molecule has 0 radical (unpaired) electrons. The van der Waals surface area contributed by atoms with Gasteiger partial charge < -0.3 is 20.1 Å². The normalized spacial score (nSPS) is 17.1. The van der Waals surface area contributed by atoms with Crippen LogP contribution in [0, 0.1) is 5.82 Å². The number of nitrogens with one attached hydrogen (secondary N) is 2. The quantitative estimate of drug-likeness (QED) is 0.626. The number of nitrogens with zero attached hydrogens (tertiary/aromatic N) is 1. The highest BCUT2D eigenvalue weighted by Gasteiger charge is 2.35. The molecule has 2 amide bonds. The zero-order valence-electron chi connectivity index (χ0n) is 20.5. The van der Waals surface area contributed by atoms with E-state index in [1.54, 1.807) is 14.2 Å². The molecule has 3 rings (SSSR count). The number of ether oxygens (including phenoxy) is 2. The van der Waals surface area contributed by atoms with E-state index >= 15 is 0 Å². The van der Waals surface area contributed by atoms with Gasteiger partial charge in [-0.3, -0.25) is 4.90 Å². The van der Waals surface area contributed by atoms with Gasteiger partial charge in [-0.15, -0.1) is 0 Å². The summed E-state index contributed by atoms with van der Waals surface area (Å²) in [6.45, 7) is 9.42. The first-order chi connectivity index (χ1) is 15.6. The summed E-state index contributed by atoms with van der Waals surface area (Å²) < 4.78 is 24.6. The summed E-state index contributed by atoms with van der Waals surface area (Å²) in [7, 11) is 3.27. The average molecular weight is 458 g/mol. The van der Waals surface area contributed by atoms with Crippen molar-refractivity contribution in [2.75, 3.05) is 20.8 Å². The van der Waals surface area contributed by atoms with Gasteiger partial charge in [-0.2, -0.15) is 0 Å². The molecule has 1 aliphatic heterocycles. The average Bonchev–Trinajstić information content (AvgIpc) is 2.77. The molecule has 0 unspecified atom stereocenters. The van der Waals surface area contributed by atoms with E-state index < -0.39 is 0 Å². The van der Waals surface area contributed by atoms with Crippen molar-refractivity contribution in [1.29, 1.82) is 0 Å². The predicted molar refractivity (Wildman–Crippen MR) is 128 cm³/mol. The van der Waals surface area contributed by atoms with Crippen LogP contribution in [0.25, 0.3) is 0 Å². The van der Waals surface area contributed by atoms with Crippen LogP contribution in [0.15, 0.2) is 36.4 Å². The van der Waals surface area contributed by atoms with Gasteiger partial charge in [0, 0.05) is 18.6 Å². The fourth-order valence-corrected chi connectivity index (χ4v) is 4.45. The number of rotatable bonds is 7. The molecule has 1 aliphatic rings. The number of urea groups is 1. The molecule has 2 atom stereocenters. The Morgan fingerprint density at radius 3 is 2.36 bits per heavy atom. The third-order valence-electron chi connectivity index (χ3n) is 5.95. The predicted octanol–water partition coefficient (Wildman–Crippen LogP) is 4.82. The van der Waals surface area contributed by atoms with Crippen molar-refractivity contribution < 1.29 is 18.7 Å². The van der Waals surface area contributed by atoms with E-state index in [-0.39, 0.29) is 29.5 Å². The summed E-state index contributed by atoms with van der Waals surface area (Å²) in [4.78, 5) is 15.1. The van der Waals surface area contributed by atoms with Gasteiger partial charge in [-0.05, 0) is 74.6 Å². The Bertz CT molecular complexity index is 956. The van der Waals surface area contributed by atoms with Gasteiger partial charge in [0.2, 0.25) is 0 Å². The summed E-state index contributed by atoms with van der Waals surface area (Å²) in [5, 5.41) is 6.20. The Kier molecular flexibility index (Phi) is 7.84. The summed E-state index contributed by atoms with van der Waals surface area (Å²) in [6.07, 6.45) is 1.59. The lowest BCUT2D eigenvalue weighted by Crippen LogP contribution is -2.54. The van der Waals surface area contributed by atoms with Gasteiger partial charge in [0.1, 0.15) is 5.82 Å². The molecule has 0 saturated carbocycles. The van der Waals surface area contributed by atoms with E-state index in [1.807, 2.05) is 45.0 Å². The number of amides is 2. The number of methoxy groups -OCH3 is 2. The summed E-state index contributed by atoms with van der Waals surface area (Å²) in [5.74, 6) is 1.12. The van der Waals surface area contributed by atoms with Crippen LogP contribution in [0.2, 0.25) is 0 Å². The Labute approximate surface area is 196 Å². The molecule has 0 bridgehead atoms. The Balaban J connectivity index is 1.99. The van der Waals surface area contributed by atoms with E-state index in [0.29, 0.717) is 18.0 Å². The van der Waals surface area contributed by atoms with E-state index in [0.717, 1.165) is 30.5 Å². The smallest absolute Gasteiger partial charge is 0.315 e. The minimum absolute atomic E-state index is 0.0747. The number of halogens is 1. The molecular weight excluding hydrogens is 421 g/mol. The third-order valence-corrected chi connectivity index (χ3v) is 5.95. The maximum absolute atomic E-state index is 13.5. The van der Waals surface area contributed by atoms with Crippen molar-refractivity contribution in [3.63, 3.8) is 0 Å². The van der Waals surface area contributed by atoms with E-state index in [2.05, 4.69) is 22.5 Å². The first-order valence-corrected chi connectivity index (χ1v) is 11.5. The fourth-order valence-electron chi connectivity index (χ4n) is 4.45. The Morgan fingerprint density at radius 1 is 1.15 bits per heavy atom. The van der Waals surface area contributed by atoms with E-state index in [1.165, 1.54) is 17.7 Å². The number of hydrogen-bond donors (Lipinski definition) is 2. The first-order valence-electron chi connectivity index (χ1n) is 11.5. The van der Waals surface area contributed by atoms with Crippen LogP contribution in [-0.4, -0.2) is 43.3 Å². The van der Waals surface area contributed by atoms with Crippen LogP contribution in [-0.2, 0) is 13.0 Å². The third kappa shape index (κ3) is 6.16. The lowest BCUT2D eigenvalue weighted by Gasteiger charge is -2.42. The molecule has 1 heterocycles. The number of carbonyl (C=O) groups is 1. The Morgan fingerprint density at radius 2 is 1.79 bits per heavy atom. The monoisotopic (exact) mass is 457 g/mol. The second-order valence-electron chi connectivity index (χ2n) is 9.56. The molecule has 7 heteroatoms. The van der Waals surface area contributed by atoms with Crippen molar-refractivity contribution in [3.05, 3.63) is 58.9 Å². The molecule has 0 aliphatic carbocycles. The van der Waals surface area contributed by atoms with E-state index in [4.69, 9.17) is 9.47 Å². The van der Waals surface area contributed by atoms with Gasteiger partial charge in [-0.25, -0.2) is 9.18 Å². The number of hydrogen-bond acceptors (Lipinski definition) is 4. The second kappa shape index (κ2) is 10.4. The SMILES string of the molecule is CC[C@@H](NC(=O)NC(C)(C)C)[C@H]1c2cc(OC)c(OC)cc2CCN1Cc1ccc(F)cc1. The molecule has 2 aromatic rings. The summed E-state index contributed by atoms with van der Waals surface area (Å²) in [6, 6.07) is 10.3. The van der Waals surface area contributed by atoms with Crippen molar-refractivity contribution >= 4 is 6.03 Å². The molecule has 0 aromatic heterocycles. The second-order valence-corrected chi connectivity index (χ2v) is 9.56. The molecule has 0 saturated heterocycles. The number of fused-ring (bicyclic) bond motifs is 1. The lowest BCUT2D eigenvalue weighted by molar-refractivity contribution is 0.134. The van der Waals surface area contributed by atoms with E-state index in [9.17, 15) is 9.18 Å². The van der Waals surface area contributed by atoms with Crippen LogP contribution < -0.4 is 20.1 Å². The first kappa shape index (κ1) is 24.8. The van der Waals surface area contributed by atoms with Crippen LogP contribution in [0.5, 0.6) is 11.5 Å². The van der Waals surface area contributed by atoms with Crippen molar-refractivity contribution in [2.45, 2.75) is 64.7 Å². The zero-order valence-corrected chi connectivity index (χ0v) is 20.5. The Hall–Kier alpha value is -2.80. The minimum atomic E-state index is -0.336. The molecule has 180 valence electrons. The highest BCUT2D eigenvalue weighted by molar-refractivity contribution is 5.75. The van der Waals surface area contributed by atoms with Crippen LogP contribution in [0.4, 0.5) is 9.18 Å². The minimum Gasteiger partial charge on any atom is -0.493 e. The van der Waals surface area contributed by atoms with Crippen LogP contribution >= 0.6 is 0 Å². The van der Waals surface area contributed by atoms with Crippen molar-refractivity contribution in [3.8, 4) is 11.5 Å². The number of carbonyl (C=O) groups excluding carboxylic acids is 1. The highest BCUT2D eigenvalue weighted by atomic mass is 19.1. The number of benzene rings is 2. The molecule has 0 fully saturated rings. The topological polar surface area (TPSA) is 62.8 Å². The van der Waals surface area contributed by atoms with Crippen molar-refractivity contribution in [2.24, 2.45) is 0 Å². The standard InChI is InChI=1S/C26H36FN3O3/c1-7-21(28-25(31)29-26(2,3)4)24-20-15-23(33-6)22(32-5)14-18(20)12-13-30(24)16-17-8-10-19(27)11-9-17/h8-11,14-15,21,24H,7,12-13,16H2,1-6H3,(H2,28,29,31)/t21-,24-/m1/s1.